The van der Waals surface area contributed by atoms with Gasteiger partial charge in [-0.05, 0) is 68.8 Å². The number of sulfonamides is 1. The summed E-state index contributed by atoms with van der Waals surface area (Å²) in [6.45, 7) is 1.40. The number of amides is 1. The summed E-state index contributed by atoms with van der Waals surface area (Å²) in [4.78, 5) is 14.6. The lowest BCUT2D eigenvalue weighted by Gasteiger charge is -2.31. The molecule has 1 aliphatic heterocycles. The number of carbonyl (C=O) groups is 1. The molecular weight excluding hydrogens is 419 g/mol. The van der Waals surface area contributed by atoms with Crippen molar-refractivity contribution in [3.8, 4) is 0 Å². The molecule has 0 atom stereocenters. The molecule has 1 aliphatic rings. The summed E-state index contributed by atoms with van der Waals surface area (Å²) in [7, 11) is -2.39. The van der Waals surface area contributed by atoms with Gasteiger partial charge in [0.05, 0.1) is 21.8 Å². The first-order valence-corrected chi connectivity index (χ1v) is 10.9. The molecule has 2 aromatic carbocycles. The van der Waals surface area contributed by atoms with E-state index in [1.807, 2.05) is 4.90 Å². The number of anilines is 2. The molecule has 10 heteroatoms. The zero-order chi connectivity index (χ0) is 21.9. The van der Waals surface area contributed by atoms with Crippen molar-refractivity contribution in [2.75, 3.05) is 30.4 Å². The number of nitrogens with one attached hydrogen (secondary N) is 2. The van der Waals surface area contributed by atoms with Crippen LogP contribution in [0.2, 0.25) is 0 Å². The monoisotopic (exact) mass is 441 g/mol. The Morgan fingerprint density at radius 3 is 2.20 bits per heavy atom. The van der Waals surface area contributed by atoms with Crippen LogP contribution < -0.4 is 14.9 Å². The minimum Gasteiger partial charge on any atom is -0.370 e. The molecule has 2 N–H and O–H groups in total. The average molecular weight is 441 g/mol. The van der Waals surface area contributed by atoms with Crippen LogP contribution in [0.3, 0.4) is 0 Å². The fourth-order valence-electron chi connectivity index (χ4n) is 3.32. The van der Waals surface area contributed by atoms with Crippen molar-refractivity contribution < 1.29 is 26.4 Å². The Morgan fingerprint density at radius 1 is 1.00 bits per heavy atom. The first-order chi connectivity index (χ1) is 14.1. The molecule has 0 unspecified atom stereocenters. The Hall–Kier alpha value is -2.59. The van der Waals surface area contributed by atoms with Crippen LogP contribution in [-0.4, -0.2) is 34.5 Å². The molecule has 0 aliphatic carbocycles. The van der Waals surface area contributed by atoms with Crippen LogP contribution in [0.15, 0.2) is 47.4 Å². The van der Waals surface area contributed by atoms with E-state index in [9.17, 15) is 26.4 Å². The van der Waals surface area contributed by atoms with E-state index in [1.165, 1.54) is 37.4 Å². The normalized spacial score (nSPS) is 15.1. The second kappa shape index (κ2) is 8.65. The van der Waals surface area contributed by atoms with Crippen LogP contribution in [0.5, 0.6) is 0 Å². The zero-order valence-corrected chi connectivity index (χ0v) is 17.1. The van der Waals surface area contributed by atoms with Crippen molar-refractivity contribution in [3.63, 3.8) is 0 Å². The number of benzene rings is 2. The Balaban J connectivity index is 1.90. The molecule has 1 saturated heterocycles. The van der Waals surface area contributed by atoms with E-state index in [0.29, 0.717) is 18.8 Å². The predicted octanol–water partition coefficient (Wildman–Crippen LogP) is 3.86. The average Bonchev–Trinajstić information content (AvgIpc) is 2.73. The molecule has 1 amide bonds. The van der Waals surface area contributed by atoms with E-state index in [2.05, 4.69) is 10.0 Å². The first-order valence-electron chi connectivity index (χ1n) is 9.43. The molecule has 0 saturated carbocycles. The summed E-state index contributed by atoms with van der Waals surface area (Å²) in [5, 5.41) is 2.56. The fraction of sp³-hybridized carbons (Fsp3) is 0.350. The summed E-state index contributed by atoms with van der Waals surface area (Å²) < 4.78 is 65.4. The van der Waals surface area contributed by atoms with E-state index < -0.39 is 27.7 Å². The Bertz CT molecular complexity index is 1020. The number of carbonyl (C=O) groups excluding carboxylic acids is 1. The van der Waals surface area contributed by atoms with E-state index in [0.717, 1.165) is 31.4 Å². The Morgan fingerprint density at radius 2 is 1.63 bits per heavy atom. The van der Waals surface area contributed by atoms with Crippen molar-refractivity contribution in [3.05, 3.63) is 53.6 Å². The highest BCUT2D eigenvalue weighted by atomic mass is 32.2. The highest BCUT2D eigenvalue weighted by molar-refractivity contribution is 7.89. The second-order valence-corrected chi connectivity index (χ2v) is 8.85. The van der Waals surface area contributed by atoms with Gasteiger partial charge in [-0.2, -0.15) is 13.2 Å². The smallest absolute Gasteiger partial charge is 0.370 e. The second-order valence-electron chi connectivity index (χ2n) is 6.96. The molecule has 0 spiro atoms. The van der Waals surface area contributed by atoms with Crippen LogP contribution in [0.1, 0.15) is 35.2 Å². The number of piperidine rings is 1. The molecule has 0 aromatic heterocycles. The lowest BCUT2D eigenvalue weighted by molar-refractivity contribution is -0.137. The van der Waals surface area contributed by atoms with Crippen molar-refractivity contribution in [2.24, 2.45) is 0 Å². The lowest BCUT2D eigenvalue weighted by Crippen LogP contribution is -2.30. The standard InChI is InChI=1S/C20H22F3N3O3S/c1-24-30(28,29)16-8-5-14(6-9-16)19(27)25-17-13-15(20(21,22)23)7-10-18(17)26-11-3-2-4-12-26/h5-10,13,24H,2-4,11-12H2,1H3,(H,25,27). The Labute approximate surface area is 173 Å². The van der Waals surface area contributed by atoms with Crippen molar-refractivity contribution in [1.82, 2.24) is 4.72 Å². The predicted molar refractivity (Wildman–Crippen MR) is 108 cm³/mol. The minimum atomic E-state index is -4.54. The maximum absolute atomic E-state index is 13.2. The number of rotatable bonds is 5. The molecule has 162 valence electrons. The zero-order valence-electron chi connectivity index (χ0n) is 16.3. The van der Waals surface area contributed by atoms with Crippen LogP contribution in [0.4, 0.5) is 24.5 Å². The number of halogens is 3. The Kier molecular flexibility index (Phi) is 6.37. The number of hydrogen-bond donors (Lipinski definition) is 2. The molecule has 0 bridgehead atoms. The maximum atomic E-state index is 13.2. The van der Waals surface area contributed by atoms with Crippen molar-refractivity contribution in [2.45, 2.75) is 30.3 Å². The molecule has 2 aromatic rings. The first kappa shape index (κ1) is 22.1. The number of hydrogen-bond acceptors (Lipinski definition) is 4. The largest absolute Gasteiger partial charge is 0.416 e. The third kappa shape index (κ3) is 4.93. The van der Waals surface area contributed by atoms with Crippen LogP contribution >= 0.6 is 0 Å². The summed E-state index contributed by atoms with van der Waals surface area (Å²) in [6, 6.07) is 8.48. The van der Waals surface area contributed by atoms with Gasteiger partial charge in [-0.3, -0.25) is 4.79 Å². The van der Waals surface area contributed by atoms with Gasteiger partial charge < -0.3 is 10.2 Å². The summed E-state index contributed by atoms with van der Waals surface area (Å²) in [5.41, 5.74) is -0.116. The molecule has 6 nitrogen and oxygen atoms in total. The van der Waals surface area contributed by atoms with Gasteiger partial charge in [-0.15, -0.1) is 0 Å². The third-order valence-corrected chi connectivity index (χ3v) is 6.39. The number of nitrogens with zero attached hydrogens (tertiary/aromatic N) is 1. The highest BCUT2D eigenvalue weighted by Gasteiger charge is 2.32. The quantitative estimate of drug-likeness (QED) is 0.739. The van der Waals surface area contributed by atoms with Crippen molar-refractivity contribution in [1.29, 1.82) is 0 Å². The van der Waals surface area contributed by atoms with Gasteiger partial charge in [0.25, 0.3) is 5.91 Å². The molecular formula is C20H22F3N3O3S. The van der Waals surface area contributed by atoms with Gasteiger partial charge in [-0.1, -0.05) is 0 Å². The van der Waals surface area contributed by atoms with Crippen LogP contribution in [0.25, 0.3) is 0 Å². The van der Waals surface area contributed by atoms with E-state index in [1.54, 1.807) is 0 Å². The summed E-state index contributed by atoms with van der Waals surface area (Å²) in [6.07, 6.45) is -1.63. The fourth-order valence-corrected chi connectivity index (χ4v) is 4.05. The molecule has 3 rings (SSSR count). The highest BCUT2D eigenvalue weighted by Crippen LogP contribution is 2.36. The van der Waals surface area contributed by atoms with Crippen molar-refractivity contribution >= 4 is 27.3 Å². The maximum Gasteiger partial charge on any atom is 0.416 e. The van der Waals surface area contributed by atoms with Gasteiger partial charge >= 0.3 is 6.18 Å². The van der Waals surface area contributed by atoms with Crippen LogP contribution in [-0.2, 0) is 16.2 Å². The summed E-state index contributed by atoms with van der Waals surface area (Å²) in [5.74, 6) is -0.624. The lowest BCUT2D eigenvalue weighted by atomic mass is 10.1. The van der Waals surface area contributed by atoms with Gasteiger partial charge in [0.1, 0.15) is 0 Å². The van der Waals surface area contributed by atoms with Gasteiger partial charge in [0, 0.05) is 18.7 Å². The van der Waals surface area contributed by atoms with E-state index >= 15 is 0 Å². The van der Waals surface area contributed by atoms with E-state index in [4.69, 9.17) is 0 Å². The SMILES string of the molecule is CNS(=O)(=O)c1ccc(C(=O)Nc2cc(C(F)(F)F)ccc2N2CCCCC2)cc1. The van der Waals surface area contributed by atoms with Gasteiger partial charge in [-0.25, -0.2) is 13.1 Å². The minimum absolute atomic E-state index is 0.0189. The number of alkyl halides is 3. The van der Waals surface area contributed by atoms with E-state index in [-0.39, 0.29) is 16.1 Å². The molecule has 30 heavy (non-hydrogen) atoms. The molecule has 1 heterocycles. The summed E-state index contributed by atoms with van der Waals surface area (Å²) >= 11 is 0. The van der Waals surface area contributed by atoms with Crippen LogP contribution in [0, 0.1) is 0 Å². The van der Waals surface area contributed by atoms with Gasteiger partial charge in [0.2, 0.25) is 10.0 Å². The third-order valence-electron chi connectivity index (χ3n) is 4.96. The molecule has 1 fully saturated rings. The topological polar surface area (TPSA) is 78.5 Å². The van der Waals surface area contributed by atoms with Gasteiger partial charge in [0.15, 0.2) is 0 Å². The molecule has 0 radical (unpaired) electrons.